The molecular weight excluding hydrogens is 204 g/mol. The van der Waals surface area contributed by atoms with Crippen LogP contribution >= 0.6 is 0 Å². The Morgan fingerprint density at radius 2 is 2.31 bits per heavy atom. The summed E-state index contributed by atoms with van der Waals surface area (Å²) in [6.07, 6.45) is 5.35. The zero-order chi connectivity index (χ0) is 11.0. The zero-order valence-electron chi connectivity index (χ0n) is 8.46. The van der Waals surface area contributed by atoms with Gasteiger partial charge in [-0.05, 0) is 18.2 Å². The van der Waals surface area contributed by atoms with E-state index in [2.05, 4.69) is 15.0 Å². The molecule has 0 spiro atoms. The van der Waals surface area contributed by atoms with Crippen molar-refractivity contribution >= 4 is 11.0 Å². The molecule has 0 atom stereocenters. The highest BCUT2D eigenvalue weighted by Crippen LogP contribution is 2.16. The number of imidazole rings is 2. The summed E-state index contributed by atoms with van der Waals surface area (Å²) >= 11 is 0. The van der Waals surface area contributed by atoms with Gasteiger partial charge in [-0.3, -0.25) is 0 Å². The zero-order valence-corrected chi connectivity index (χ0v) is 8.46. The largest absolute Gasteiger partial charge is 0.388 e. The number of nitrogens with one attached hydrogen (secondary N) is 1. The maximum absolute atomic E-state index is 8.98. The summed E-state index contributed by atoms with van der Waals surface area (Å²) in [4.78, 5) is 11.3. The first-order valence-electron chi connectivity index (χ1n) is 4.94. The number of aliphatic hydroxyl groups excluding tert-OH is 1. The Morgan fingerprint density at radius 3 is 3.06 bits per heavy atom. The van der Waals surface area contributed by atoms with Crippen LogP contribution in [0.5, 0.6) is 0 Å². The van der Waals surface area contributed by atoms with Gasteiger partial charge in [0.15, 0.2) is 0 Å². The van der Waals surface area contributed by atoms with E-state index in [0.717, 1.165) is 16.7 Å². The predicted molar refractivity (Wildman–Crippen MR) is 59.1 cm³/mol. The summed E-state index contributed by atoms with van der Waals surface area (Å²) in [7, 11) is 0. The molecule has 5 heteroatoms. The summed E-state index contributed by atoms with van der Waals surface area (Å²) in [6.45, 7) is -0.0743. The molecule has 3 aromatic rings. The van der Waals surface area contributed by atoms with E-state index >= 15 is 0 Å². The summed E-state index contributed by atoms with van der Waals surface area (Å²) < 4.78 is 1.92. The number of hydrogen-bond donors (Lipinski definition) is 2. The van der Waals surface area contributed by atoms with Crippen LogP contribution in [0.15, 0.2) is 36.9 Å². The Balaban J connectivity index is 2.15. The summed E-state index contributed by atoms with van der Waals surface area (Å²) in [5.74, 6) is 0.581. The minimum Gasteiger partial charge on any atom is -0.388 e. The van der Waals surface area contributed by atoms with Crippen LogP contribution in [0, 0.1) is 0 Å². The third-order valence-corrected chi connectivity index (χ3v) is 2.47. The van der Waals surface area contributed by atoms with Gasteiger partial charge in [-0.25, -0.2) is 9.97 Å². The molecule has 2 N–H and O–H groups in total. The van der Waals surface area contributed by atoms with Gasteiger partial charge in [-0.2, -0.15) is 0 Å². The molecule has 0 saturated carbocycles. The average Bonchev–Trinajstić information content (AvgIpc) is 2.96. The quantitative estimate of drug-likeness (QED) is 0.674. The van der Waals surface area contributed by atoms with Gasteiger partial charge in [-0.1, -0.05) is 0 Å². The number of benzene rings is 1. The van der Waals surface area contributed by atoms with Crippen molar-refractivity contribution in [2.75, 3.05) is 0 Å². The lowest BCUT2D eigenvalue weighted by Crippen LogP contribution is -1.88. The Morgan fingerprint density at radius 1 is 1.38 bits per heavy atom. The van der Waals surface area contributed by atoms with Gasteiger partial charge in [0.1, 0.15) is 12.4 Å². The van der Waals surface area contributed by atoms with Crippen molar-refractivity contribution in [3.63, 3.8) is 0 Å². The van der Waals surface area contributed by atoms with Crippen LogP contribution in [0.25, 0.3) is 16.7 Å². The number of aromatic amines is 1. The van der Waals surface area contributed by atoms with Crippen molar-refractivity contribution in [3.8, 4) is 5.69 Å². The van der Waals surface area contributed by atoms with E-state index in [1.165, 1.54) is 0 Å². The van der Waals surface area contributed by atoms with Gasteiger partial charge in [0, 0.05) is 18.1 Å². The third kappa shape index (κ3) is 1.38. The normalized spacial score (nSPS) is 11.1. The highest BCUT2D eigenvalue weighted by atomic mass is 16.3. The van der Waals surface area contributed by atoms with Crippen LogP contribution < -0.4 is 0 Å². The number of nitrogens with zero attached hydrogens (tertiary/aromatic N) is 3. The van der Waals surface area contributed by atoms with Crippen molar-refractivity contribution < 1.29 is 5.11 Å². The lowest BCUT2D eigenvalue weighted by atomic mass is 10.3. The van der Waals surface area contributed by atoms with Crippen molar-refractivity contribution in [1.82, 2.24) is 19.5 Å². The lowest BCUT2D eigenvalue weighted by Gasteiger charge is -2.00. The molecule has 0 saturated heterocycles. The van der Waals surface area contributed by atoms with E-state index in [9.17, 15) is 0 Å². The van der Waals surface area contributed by atoms with Gasteiger partial charge in [-0.15, -0.1) is 0 Å². The van der Waals surface area contributed by atoms with Gasteiger partial charge in [0.2, 0.25) is 0 Å². The Labute approximate surface area is 91.4 Å². The molecule has 1 aromatic carbocycles. The van der Waals surface area contributed by atoms with Gasteiger partial charge in [0.25, 0.3) is 0 Å². The van der Waals surface area contributed by atoms with Crippen LogP contribution in [0.4, 0.5) is 0 Å². The highest BCUT2D eigenvalue weighted by Gasteiger charge is 2.03. The van der Waals surface area contributed by atoms with E-state index in [-0.39, 0.29) is 6.61 Å². The molecule has 0 amide bonds. The molecule has 2 aromatic heterocycles. The van der Waals surface area contributed by atoms with E-state index in [0.29, 0.717) is 5.82 Å². The Kier molecular flexibility index (Phi) is 1.97. The third-order valence-electron chi connectivity index (χ3n) is 2.47. The van der Waals surface area contributed by atoms with E-state index in [1.54, 1.807) is 12.5 Å². The molecule has 0 bridgehead atoms. The van der Waals surface area contributed by atoms with Crippen LogP contribution in [-0.4, -0.2) is 24.6 Å². The molecule has 0 aliphatic heterocycles. The molecule has 2 heterocycles. The first-order valence-corrected chi connectivity index (χ1v) is 4.94. The maximum atomic E-state index is 8.98. The summed E-state index contributed by atoms with van der Waals surface area (Å²) in [6, 6.07) is 5.86. The van der Waals surface area contributed by atoms with Crippen molar-refractivity contribution in [1.29, 1.82) is 0 Å². The first-order chi connectivity index (χ1) is 7.86. The maximum Gasteiger partial charge on any atom is 0.133 e. The molecule has 0 aliphatic carbocycles. The van der Waals surface area contributed by atoms with Crippen LogP contribution in [0.2, 0.25) is 0 Å². The number of aromatic nitrogens is 4. The van der Waals surface area contributed by atoms with E-state index in [1.807, 2.05) is 29.0 Å². The minimum absolute atomic E-state index is 0.0743. The van der Waals surface area contributed by atoms with Crippen LogP contribution in [0.3, 0.4) is 0 Å². The average molecular weight is 214 g/mol. The standard InChI is InChI=1S/C11H10N4O/c16-6-11-13-9-2-1-8(5-10(9)14-11)15-4-3-12-7-15/h1-5,7,16H,6H2,(H,13,14). The summed E-state index contributed by atoms with van der Waals surface area (Å²) in [5.41, 5.74) is 2.78. The van der Waals surface area contributed by atoms with E-state index in [4.69, 9.17) is 5.11 Å². The fourth-order valence-electron chi connectivity index (χ4n) is 1.70. The van der Waals surface area contributed by atoms with Gasteiger partial charge >= 0.3 is 0 Å². The molecule has 0 unspecified atom stereocenters. The number of fused-ring (bicyclic) bond motifs is 1. The smallest absolute Gasteiger partial charge is 0.133 e. The molecule has 3 rings (SSSR count). The molecule has 0 aliphatic rings. The molecule has 80 valence electrons. The monoisotopic (exact) mass is 214 g/mol. The Hall–Kier alpha value is -2.14. The van der Waals surface area contributed by atoms with Crippen molar-refractivity contribution in [2.45, 2.75) is 6.61 Å². The van der Waals surface area contributed by atoms with Crippen LogP contribution in [0.1, 0.15) is 5.82 Å². The van der Waals surface area contributed by atoms with Gasteiger partial charge in [0.05, 0.1) is 17.4 Å². The molecule has 5 nitrogen and oxygen atoms in total. The predicted octanol–water partition coefficient (Wildman–Crippen LogP) is 1.24. The van der Waals surface area contributed by atoms with Crippen molar-refractivity contribution in [2.24, 2.45) is 0 Å². The van der Waals surface area contributed by atoms with Crippen LogP contribution in [-0.2, 0) is 6.61 Å². The second-order valence-corrected chi connectivity index (χ2v) is 3.51. The minimum atomic E-state index is -0.0743. The van der Waals surface area contributed by atoms with Gasteiger partial charge < -0.3 is 14.7 Å². The topological polar surface area (TPSA) is 66.7 Å². The number of rotatable bonds is 2. The fraction of sp³-hybridized carbons (Fsp3) is 0.0909. The number of hydrogen-bond acceptors (Lipinski definition) is 3. The first kappa shape index (κ1) is 9.11. The highest BCUT2D eigenvalue weighted by molar-refractivity contribution is 5.77. The Bertz CT molecular complexity index is 612. The fourth-order valence-corrected chi connectivity index (χ4v) is 1.70. The molecule has 16 heavy (non-hydrogen) atoms. The number of aliphatic hydroxyl groups is 1. The molecule has 0 radical (unpaired) electrons. The lowest BCUT2D eigenvalue weighted by molar-refractivity contribution is 0.273. The second-order valence-electron chi connectivity index (χ2n) is 3.51. The molecular formula is C11H10N4O. The second kappa shape index (κ2) is 3.46. The number of H-pyrrole nitrogens is 1. The SMILES string of the molecule is OCc1nc2ccc(-n3ccnc3)cc2[nH]1. The van der Waals surface area contributed by atoms with E-state index < -0.39 is 0 Å². The molecule has 0 fully saturated rings. The van der Waals surface area contributed by atoms with Crippen molar-refractivity contribution in [3.05, 3.63) is 42.7 Å². The summed E-state index contributed by atoms with van der Waals surface area (Å²) in [5, 5.41) is 8.98.